The Morgan fingerprint density at radius 1 is 1.37 bits per heavy atom. The van der Waals surface area contributed by atoms with Gasteiger partial charge in [0.05, 0.1) is 10.7 Å². The van der Waals surface area contributed by atoms with E-state index in [9.17, 15) is 4.79 Å². The molecule has 0 N–H and O–H groups in total. The van der Waals surface area contributed by atoms with Gasteiger partial charge in [0, 0.05) is 0 Å². The van der Waals surface area contributed by atoms with Crippen molar-refractivity contribution in [3.63, 3.8) is 0 Å². The van der Waals surface area contributed by atoms with Crippen LogP contribution in [0, 0.1) is 3.57 Å². The molecule has 0 radical (unpaired) electrons. The summed E-state index contributed by atoms with van der Waals surface area (Å²) >= 11 is 2.07. The minimum atomic E-state index is -0.755. The second-order valence-corrected chi connectivity index (χ2v) is 5.97. The van der Waals surface area contributed by atoms with E-state index in [1.54, 1.807) is 32.9 Å². The summed E-state index contributed by atoms with van der Waals surface area (Å²) in [5.74, 6) is 0.815. The Morgan fingerprint density at radius 3 is 2.47 bits per heavy atom. The van der Waals surface area contributed by atoms with E-state index in [1.807, 2.05) is 6.07 Å². The van der Waals surface area contributed by atoms with Gasteiger partial charge in [-0.2, -0.15) is 0 Å². The molecule has 0 saturated heterocycles. The number of hydrogen-bond acceptors (Lipinski definition) is 4. The molecular formula is C14H17IO4. The molecule has 1 aromatic carbocycles. The summed E-state index contributed by atoms with van der Waals surface area (Å²) in [5, 5.41) is 0. The van der Waals surface area contributed by atoms with Crippen LogP contribution < -0.4 is 9.47 Å². The topological polar surface area (TPSA) is 44.8 Å². The van der Waals surface area contributed by atoms with Crippen LogP contribution in [0.1, 0.15) is 26.3 Å². The minimum absolute atomic E-state index is 0.350. The van der Waals surface area contributed by atoms with Gasteiger partial charge in [0.15, 0.2) is 11.5 Å². The van der Waals surface area contributed by atoms with Crippen molar-refractivity contribution in [1.82, 2.24) is 0 Å². The van der Waals surface area contributed by atoms with E-state index >= 15 is 0 Å². The zero-order chi connectivity index (χ0) is 14.6. The maximum atomic E-state index is 11.7. The largest absolute Gasteiger partial charge is 0.514 e. The molecule has 0 unspecified atom stereocenters. The third-order valence-corrected chi connectivity index (χ3v) is 2.86. The average Bonchev–Trinajstić information content (AvgIpc) is 2.29. The second kappa shape index (κ2) is 6.27. The molecule has 104 valence electrons. The van der Waals surface area contributed by atoms with Gasteiger partial charge >= 0.3 is 6.16 Å². The van der Waals surface area contributed by atoms with Crippen molar-refractivity contribution in [2.45, 2.75) is 26.4 Å². The highest BCUT2D eigenvalue weighted by Crippen LogP contribution is 2.34. The Hall–Kier alpha value is -1.24. The maximum Gasteiger partial charge on any atom is 0.514 e. The zero-order valence-corrected chi connectivity index (χ0v) is 13.6. The van der Waals surface area contributed by atoms with Gasteiger partial charge in [0.2, 0.25) is 0 Å². The predicted molar refractivity (Wildman–Crippen MR) is 82.7 cm³/mol. The first-order chi connectivity index (χ1) is 8.76. The standard InChI is InChI=1S/C14H17IO4/c1-6-9-7-10(15)12(11(8-9)17-5)18-13(16)19-14(2,3)4/h6-8H,1H2,2-5H3. The van der Waals surface area contributed by atoms with Crippen LogP contribution in [-0.2, 0) is 4.74 Å². The number of carbonyl (C=O) groups excluding carboxylic acids is 1. The van der Waals surface area contributed by atoms with E-state index in [2.05, 4.69) is 29.2 Å². The molecule has 0 aliphatic rings. The fourth-order valence-electron chi connectivity index (χ4n) is 1.31. The molecule has 1 aromatic rings. The molecule has 0 aliphatic carbocycles. The molecule has 0 bridgehead atoms. The first kappa shape index (κ1) is 15.8. The van der Waals surface area contributed by atoms with Crippen molar-refractivity contribution >= 4 is 34.8 Å². The number of ether oxygens (including phenoxy) is 3. The fraction of sp³-hybridized carbons (Fsp3) is 0.357. The van der Waals surface area contributed by atoms with Crippen LogP contribution >= 0.6 is 22.6 Å². The molecule has 0 fully saturated rings. The number of benzene rings is 1. The van der Waals surface area contributed by atoms with Gasteiger partial charge in [0.1, 0.15) is 5.60 Å². The van der Waals surface area contributed by atoms with Crippen LogP contribution in [0.5, 0.6) is 11.5 Å². The van der Waals surface area contributed by atoms with Crippen LogP contribution in [0.25, 0.3) is 6.08 Å². The number of methoxy groups -OCH3 is 1. The van der Waals surface area contributed by atoms with Crippen LogP contribution in [0.3, 0.4) is 0 Å². The lowest BCUT2D eigenvalue weighted by Gasteiger charge is -2.19. The van der Waals surface area contributed by atoms with E-state index in [0.29, 0.717) is 11.5 Å². The lowest BCUT2D eigenvalue weighted by Crippen LogP contribution is -2.26. The van der Waals surface area contributed by atoms with E-state index in [0.717, 1.165) is 9.13 Å². The lowest BCUT2D eigenvalue weighted by atomic mass is 10.2. The van der Waals surface area contributed by atoms with Crippen molar-refractivity contribution in [1.29, 1.82) is 0 Å². The second-order valence-electron chi connectivity index (χ2n) is 4.80. The number of carbonyl (C=O) groups is 1. The summed E-state index contributed by atoms with van der Waals surface area (Å²) < 4.78 is 16.3. The first-order valence-electron chi connectivity index (χ1n) is 5.67. The Morgan fingerprint density at radius 2 is 2.00 bits per heavy atom. The molecule has 0 heterocycles. The molecule has 0 aliphatic heterocycles. The van der Waals surface area contributed by atoms with Gasteiger partial charge in [-0.15, -0.1) is 0 Å². The summed E-state index contributed by atoms with van der Waals surface area (Å²) in [6, 6.07) is 3.59. The van der Waals surface area contributed by atoms with E-state index in [1.165, 1.54) is 7.11 Å². The molecule has 19 heavy (non-hydrogen) atoms. The molecule has 5 heteroatoms. The maximum absolute atomic E-state index is 11.7. The minimum Gasteiger partial charge on any atom is -0.493 e. The number of hydrogen-bond donors (Lipinski definition) is 0. The van der Waals surface area contributed by atoms with Crippen LogP contribution in [0.4, 0.5) is 4.79 Å². The summed E-state index contributed by atoms with van der Waals surface area (Å²) in [5.41, 5.74) is 0.286. The summed E-state index contributed by atoms with van der Waals surface area (Å²) in [6.45, 7) is 9.02. The van der Waals surface area contributed by atoms with Gasteiger partial charge < -0.3 is 14.2 Å². The van der Waals surface area contributed by atoms with Crippen molar-refractivity contribution in [2.24, 2.45) is 0 Å². The highest BCUT2D eigenvalue weighted by Gasteiger charge is 2.21. The van der Waals surface area contributed by atoms with E-state index in [-0.39, 0.29) is 0 Å². The quantitative estimate of drug-likeness (QED) is 0.449. The Kier molecular flexibility index (Phi) is 5.22. The molecule has 0 aromatic heterocycles. The normalized spacial score (nSPS) is 10.8. The highest BCUT2D eigenvalue weighted by atomic mass is 127. The molecule has 1 rings (SSSR count). The Balaban J connectivity index is 3.00. The van der Waals surface area contributed by atoms with Crippen molar-refractivity contribution < 1.29 is 19.0 Å². The molecule has 4 nitrogen and oxygen atoms in total. The van der Waals surface area contributed by atoms with Gasteiger partial charge in [-0.3, -0.25) is 0 Å². The van der Waals surface area contributed by atoms with Crippen molar-refractivity contribution in [3.05, 3.63) is 27.8 Å². The lowest BCUT2D eigenvalue weighted by molar-refractivity contribution is 0.0199. The van der Waals surface area contributed by atoms with Gasteiger partial charge in [-0.25, -0.2) is 4.79 Å². The number of rotatable bonds is 3. The SMILES string of the molecule is C=Cc1cc(I)c(OC(=O)OC(C)(C)C)c(OC)c1. The van der Waals surface area contributed by atoms with Crippen molar-refractivity contribution in [2.75, 3.05) is 7.11 Å². The fourth-order valence-corrected chi connectivity index (χ4v) is 2.05. The van der Waals surface area contributed by atoms with Gasteiger partial charge in [-0.1, -0.05) is 12.7 Å². The third kappa shape index (κ3) is 4.74. The monoisotopic (exact) mass is 376 g/mol. The van der Waals surface area contributed by atoms with Gasteiger partial charge in [0.25, 0.3) is 0 Å². The Labute approximate surface area is 126 Å². The third-order valence-electron chi connectivity index (χ3n) is 2.06. The van der Waals surface area contributed by atoms with E-state index < -0.39 is 11.8 Å². The molecular weight excluding hydrogens is 359 g/mol. The predicted octanol–water partition coefficient (Wildman–Crippen LogP) is 4.26. The molecule has 0 saturated carbocycles. The van der Waals surface area contributed by atoms with Gasteiger partial charge in [-0.05, 0) is 61.1 Å². The smallest absolute Gasteiger partial charge is 0.493 e. The van der Waals surface area contributed by atoms with Crippen LogP contribution in [-0.4, -0.2) is 18.9 Å². The number of halogens is 1. The average molecular weight is 376 g/mol. The first-order valence-corrected chi connectivity index (χ1v) is 6.75. The summed E-state index contributed by atoms with van der Waals surface area (Å²) in [4.78, 5) is 11.7. The Bertz CT molecular complexity index is 489. The summed E-state index contributed by atoms with van der Waals surface area (Å²) in [7, 11) is 1.51. The highest BCUT2D eigenvalue weighted by molar-refractivity contribution is 14.1. The summed E-state index contributed by atoms with van der Waals surface area (Å²) in [6.07, 6.45) is 0.942. The van der Waals surface area contributed by atoms with Crippen LogP contribution in [0.15, 0.2) is 18.7 Å². The molecule has 0 spiro atoms. The van der Waals surface area contributed by atoms with Crippen molar-refractivity contribution in [3.8, 4) is 11.5 Å². The molecule has 0 atom stereocenters. The van der Waals surface area contributed by atoms with Crippen LogP contribution in [0.2, 0.25) is 0 Å². The molecule has 0 amide bonds. The zero-order valence-electron chi connectivity index (χ0n) is 11.5. The van der Waals surface area contributed by atoms with E-state index in [4.69, 9.17) is 14.2 Å².